The Hall–Kier alpha value is -0.770. The summed E-state index contributed by atoms with van der Waals surface area (Å²) in [6.07, 6.45) is 9.43. The molecule has 0 aliphatic heterocycles. The number of benzene rings is 1. The van der Waals surface area contributed by atoms with Crippen LogP contribution >= 0.6 is 12.6 Å². The molecule has 0 nitrogen and oxygen atoms in total. The average Bonchev–Trinajstić information content (AvgIpc) is 2.26. The molecule has 0 spiro atoms. The van der Waals surface area contributed by atoms with Gasteiger partial charge in [-0.15, -0.1) is 0 Å². The molecule has 0 aliphatic carbocycles. The Morgan fingerprint density at radius 3 is 1.83 bits per heavy atom. The molecule has 4 heteroatoms. The lowest BCUT2D eigenvalue weighted by atomic mass is 10.1. The van der Waals surface area contributed by atoms with Crippen molar-refractivity contribution in [1.82, 2.24) is 0 Å². The first-order chi connectivity index (χ1) is 7.33. The Morgan fingerprint density at radius 2 is 1.28 bits per heavy atom. The second-order valence-electron chi connectivity index (χ2n) is 4.16. The third-order valence-electron chi connectivity index (χ3n) is 2.74. The van der Waals surface area contributed by atoms with E-state index in [1.54, 1.807) is 0 Å². The van der Waals surface area contributed by atoms with E-state index in [9.17, 15) is 0 Å². The molecule has 1 aromatic carbocycles. The van der Waals surface area contributed by atoms with Crippen LogP contribution in [0.5, 0.6) is 0 Å². The number of unbranched alkanes of at least 4 members (excludes halogenated alkanes) is 5. The molecule has 0 aliphatic rings. The molecular formula is C14H24F3S. The van der Waals surface area contributed by atoms with Crippen molar-refractivity contribution < 1.29 is 14.1 Å². The Labute approximate surface area is 114 Å². The first-order valence-electron chi connectivity index (χ1n) is 6.09. The van der Waals surface area contributed by atoms with Gasteiger partial charge in [0.2, 0.25) is 0 Å². The molecule has 0 saturated heterocycles. The van der Waals surface area contributed by atoms with Gasteiger partial charge in [-0.2, -0.15) is 0 Å². The predicted octanol–water partition coefficient (Wildman–Crippen LogP) is 5.60. The molecule has 0 heterocycles. The van der Waals surface area contributed by atoms with Crippen LogP contribution in [0.1, 0.15) is 51.0 Å². The summed E-state index contributed by atoms with van der Waals surface area (Å²) in [7, 11) is 0. The zero-order valence-corrected chi connectivity index (χ0v) is 11.7. The summed E-state index contributed by atoms with van der Waals surface area (Å²) in [6.45, 7) is 2.26. The lowest BCUT2D eigenvalue weighted by molar-refractivity contribution is 0.607. The minimum atomic E-state index is 0. The highest BCUT2D eigenvalue weighted by Crippen LogP contribution is 2.12. The molecule has 0 unspecified atom stereocenters. The van der Waals surface area contributed by atoms with E-state index in [1.807, 2.05) is 12.1 Å². The molecule has 0 amide bonds. The highest BCUT2D eigenvalue weighted by Gasteiger charge is 1.94. The van der Waals surface area contributed by atoms with Crippen molar-refractivity contribution in [2.75, 3.05) is 0 Å². The van der Waals surface area contributed by atoms with Crippen molar-refractivity contribution in [3.05, 3.63) is 29.8 Å². The van der Waals surface area contributed by atoms with Crippen molar-refractivity contribution in [1.29, 1.82) is 0 Å². The van der Waals surface area contributed by atoms with Crippen LogP contribution in [0, 0.1) is 0 Å². The van der Waals surface area contributed by atoms with Gasteiger partial charge in [-0.1, -0.05) is 63.8 Å². The maximum absolute atomic E-state index is 5.05. The second kappa shape index (κ2) is 14.3. The van der Waals surface area contributed by atoms with E-state index in [4.69, 9.17) is 12.6 Å². The minimum Gasteiger partial charge on any atom is -0.269 e. The van der Waals surface area contributed by atoms with Gasteiger partial charge in [0.1, 0.15) is 0 Å². The highest BCUT2D eigenvalue weighted by atomic mass is 32.1. The van der Waals surface area contributed by atoms with Gasteiger partial charge in [-0.05, 0) is 30.5 Å². The van der Waals surface area contributed by atoms with Crippen molar-refractivity contribution in [2.24, 2.45) is 0 Å². The second-order valence-corrected chi connectivity index (χ2v) is 4.63. The normalized spacial score (nSPS) is 8.72. The Morgan fingerprint density at radius 1 is 0.778 bits per heavy atom. The van der Waals surface area contributed by atoms with Gasteiger partial charge in [0, 0.05) is 4.90 Å². The number of rotatable bonds is 7. The van der Waals surface area contributed by atoms with E-state index in [2.05, 4.69) is 19.1 Å². The fraction of sp³-hybridized carbons (Fsp3) is 0.571. The molecule has 107 valence electrons. The van der Waals surface area contributed by atoms with Gasteiger partial charge in [0.05, 0.1) is 0 Å². The molecule has 18 heavy (non-hydrogen) atoms. The van der Waals surface area contributed by atoms with Crippen molar-refractivity contribution in [3.63, 3.8) is 0 Å². The maximum atomic E-state index is 5.05. The lowest BCUT2D eigenvalue weighted by Crippen LogP contribution is -1.85. The summed E-state index contributed by atoms with van der Waals surface area (Å²) in [4.78, 5) is 0.946. The molecule has 0 aromatic heterocycles. The van der Waals surface area contributed by atoms with E-state index >= 15 is 0 Å². The number of aryl methyl sites for hydroxylation is 1. The van der Waals surface area contributed by atoms with Crippen LogP contribution in [0.2, 0.25) is 0 Å². The zero-order valence-electron chi connectivity index (χ0n) is 10.9. The van der Waals surface area contributed by atoms with Crippen LogP contribution in [0.3, 0.4) is 0 Å². The van der Waals surface area contributed by atoms with Crippen molar-refractivity contribution >= 4 is 12.6 Å². The summed E-state index contributed by atoms with van der Waals surface area (Å²) in [5.74, 6) is 0. The number of hydrogen-bond donors (Lipinski definition) is 0. The Kier molecular flexibility index (Phi) is 17.8. The summed E-state index contributed by atoms with van der Waals surface area (Å²) in [5.41, 5.74) is 1.43. The topological polar surface area (TPSA) is 0 Å². The van der Waals surface area contributed by atoms with Gasteiger partial charge >= 0.3 is 0 Å². The monoisotopic (exact) mass is 281 g/mol. The van der Waals surface area contributed by atoms with Crippen molar-refractivity contribution in [3.8, 4) is 0 Å². The molecular weight excluding hydrogens is 257 g/mol. The Balaban J connectivity index is -0.000000750. The SMILES string of the molecule is CCCCCCCCc1ccc([S])cc1.F.F.F. The minimum absolute atomic E-state index is 0. The van der Waals surface area contributed by atoms with Crippen LogP contribution in [-0.4, -0.2) is 0 Å². The Bertz CT molecular complexity index is 262. The van der Waals surface area contributed by atoms with Crippen LogP contribution in [0.15, 0.2) is 29.2 Å². The number of halogens is 3. The predicted molar refractivity (Wildman–Crippen MR) is 76.9 cm³/mol. The third-order valence-corrected chi connectivity index (χ3v) is 3.01. The first kappa shape index (κ1) is 22.4. The standard InChI is InChI=1S/C14H21S.3FH/c1-2-3-4-5-6-7-8-13-9-11-14(15)12-10-13;;;/h9-12H,2-8H2,1H3;3*1H. The van der Waals surface area contributed by atoms with E-state index in [1.165, 1.54) is 50.5 Å². The van der Waals surface area contributed by atoms with E-state index in [0.29, 0.717) is 0 Å². The molecule has 1 rings (SSSR count). The van der Waals surface area contributed by atoms with E-state index in [0.717, 1.165) is 4.90 Å². The molecule has 1 aromatic rings. The number of hydrogen-bond acceptors (Lipinski definition) is 0. The third kappa shape index (κ3) is 10.4. The summed E-state index contributed by atoms with van der Waals surface area (Å²) in [6, 6.07) is 8.38. The smallest absolute Gasteiger partial charge is 0.0377 e. The maximum Gasteiger partial charge on any atom is 0.0377 e. The molecule has 0 saturated carbocycles. The highest BCUT2D eigenvalue weighted by molar-refractivity contribution is 7.80. The van der Waals surface area contributed by atoms with Crippen LogP contribution in [0.4, 0.5) is 14.1 Å². The fourth-order valence-corrected chi connectivity index (χ4v) is 1.90. The van der Waals surface area contributed by atoms with Gasteiger partial charge < -0.3 is 0 Å². The van der Waals surface area contributed by atoms with Gasteiger partial charge in [-0.3, -0.25) is 14.1 Å². The first-order valence-corrected chi connectivity index (χ1v) is 6.49. The molecule has 1 radical (unpaired) electrons. The quantitative estimate of drug-likeness (QED) is 0.570. The molecule has 0 N–H and O–H groups in total. The average molecular weight is 281 g/mol. The molecule has 0 bridgehead atoms. The van der Waals surface area contributed by atoms with Crippen LogP contribution < -0.4 is 0 Å². The van der Waals surface area contributed by atoms with Gasteiger partial charge in [-0.25, -0.2) is 0 Å². The van der Waals surface area contributed by atoms with Crippen LogP contribution in [0.25, 0.3) is 0 Å². The van der Waals surface area contributed by atoms with Gasteiger partial charge in [0.15, 0.2) is 0 Å². The largest absolute Gasteiger partial charge is 0.269 e. The molecule has 0 fully saturated rings. The van der Waals surface area contributed by atoms with Crippen LogP contribution in [-0.2, 0) is 6.42 Å². The van der Waals surface area contributed by atoms with E-state index in [-0.39, 0.29) is 14.1 Å². The van der Waals surface area contributed by atoms with Crippen molar-refractivity contribution in [2.45, 2.75) is 56.8 Å². The van der Waals surface area contributed by atoms with Gasteiger partial charge in [0.25, 0.3) is 0 Å². The summed E-state index contributed by atoms with van der Waals surface area (Å²) < 4.78 is 0. The van der Waals surface area contributed by atoms with E-state index < -0.39 is 0 Å². The lowest BCUT2D eigenvalue weighted by Gasteiger charge is -2.02. The zero-order chi connectivity index (χ0) is 10.9. The molecule has 0 atom stereocenters. The fourth-order valence-electron chi connectivity index (χ4n) is 1.77. The summed E-state index contributed by atoms with van der Waals surface area (Å²) in [5, 5.41) is 0. The summed E-state index contributed by atoms with van der Waals surface area (Å²) >= 11 is 5.05.